The van der Waals surface area contributed by atoms with Crippen molar-refractivity contribution >= 4 is 23.1 Å². The molecule has 1 saturated heterocycles. The van der Waals surface area contributed by atoms with Gasteiger partial charge in [0.05, 0.1) is 29.9 Å². The van der Waals surface area contributed by atoms with Gasteiger partial charge in [0, 0.05) is 38.8 Å². The summed E-state index contributed by atoms with van der Waals surface area (Å²) >= 11 is 0. The minimum atomic E-state index is -0.444. The number of aryl methyl sites for hydroxylation is 1. The van der Waals surface area contributed by atoms with Crippen molar-refractivity contribution < 1.29 is 13.9 Å². The van der Waals surface area contributed by atoms with Crippen LogP contribution in [0.25, 0.3) is 0 Å². The number of urea groups is 1. The Hall–Kier alpha value is -2.98. The zero-order chi connectivity index (χ0) is 23.8. The second kappa shape index (κ2) is 11.8. The summed E-state index contributed by atoms with van der Waals surface area (Å²) in [5.41, 5.74) is 3.13. The molecule has 3 rings (SSSR count). The average Bonchev–Trinajstić information content (AvgIpc) is 3.26. The molecule has 180 valence electrons. The Kier molecular flexibility index (Phi) is 8.79. The van der Waals surface area contributed by atoms with Gasteiger partial charge in [-0.25, -0.2) is 9.18 Å². The highest BCUT2D eigenvalue weighted by atomic mass is 19.1. The number of carbonyl (C=O) groups excluding carboxylic acids is 1. The van der Waals surface area contributed by atoms with Crippen molar-refractivity contribution in [3.05, 3.63) is 35.4 Å². The number of carbonyl (C=O) groups is 1. The quantitative estimate of drug-likeness (QED) is 0.396. The summed E-state index contributed by atoms with van der Waals surface area (Å²) in [7, 11) is 3.99. The van der Waals surface area contributed by atoms with Gasteiger partial charge >= 0.3 is 6.03 Å². The molecule has 3 N–H and O–H groups in total. The fourth-order valence-corrected chi connectivity index (χ4v) is 3.60. The molecule has 1 aliphatic heterocycles. The monoisotopic (exact) mass is 459 g/mol. The second-order valence-corrected chi connectivity index (χ2v) is 8.29. The van der Waals surface area contributed by atoms with E-state index in [0.29, 0.717) is 48.9 Å². The first-order valence-electron chi connectivity index (χ1n) is 11.3. The van der Waals surface area contributed by atoms with Crippen LogP contribution in [-0.2, 0) is 6.42 Å². The molecule has 2 aromatic rings. The van der Waals surface area contributed by atoms with Gasteiger partial charge in [-0.05, 0) is 45.5 Å². The Morgan fingerprint density at radius 3 is 2.79 bits per heavy atom. The molecule has 0 spiro atoms. The Morgan fingerprint density at radius 2 is 2.09 bits per heavy atom. The van der Waals surface area contributed by atoms with Gasteiger partial charge in [0.25, 0.3) is 0 Å². The van der Waals surface area contributed by atoms with E-state index in [0.717, 1.165) is 31.6 Å². The van der Waals surface area contributed by atoms with Gasteiger partial charge < -0.3 is 25.2 Å². The molecule has 2 amide bonds. The standard InChI is InChI=1S/C23H34FN7O2/c1-5-17-13-21(33-12-6-9-30(3)4)18(24)14-19(17)27-16(2)22-20(15-26-29-22)28-23(32)31-10-7-25-8-11-31/h13-15,25H,5-12H2,1-4H3,(H,26,29)(H,28,32). The van der Waals surface area contributed by atoms with Crippen LogP contribution in [0, 0.1) is 5.82 Å². The number of hydrogen-bond acceptors (Lipinski definition) is 6. The van der Waals surface area contributed by atoms with Crippen molar-refractivity contribution in [2.24, 2.45) is 4.99 Å². The molecule has 1 aliphatic rings. The van der Waals surface area contributed by atoms with Crippen molar-refractivity contribution in [3.63, 3.8) is 0 Å². The molecular formula is C23H34FN7O2. The Labute approximate surface area is 194 Å². The molecule has 0 radical (unpaired) electrons. The van der Waals surface area contributed by atoms with Crippen LogP contribution in [0.15, 0.2) is 23.3 Å². The third-order valence-electron chi connectivity index (χ3n) is 5.46. The molecule has 1 aromatic carbocycles. The number of aromatic amines is 1. The van der Waals surface area contributed by atoms with E-state index in [1.807, 2.05) is 21.0 Å². The molecule has 0 unspecified atom stereocenters. The molecule has 33 heavy (non-hydrogen) atoms. The lowest BCUT2D eigenvalue weighted by Crippen LogP contribution is -2.48. The number of rotatable bonds is 9. The minimum Gasteiger partial charge on any atom is -0.490 e. The number of aliphatic imine (C=N–C) groups is 1. The molecule has 0 aliphatic carbocycles. The Morgan fingerprint density at radius 1 is 1.33 bits per heavy atom. The first-order chi connectivity index (χ1) is 15.9. The number of nitrogens with one attached hydrogen (secondary N) is 3. The van der Waals surface area contributed by atoms with Crippen molar-refractivity contribution in [2.45, 2.75) is 26.7 Å². The lowest BCUT2D eigenvalue weighted by Gasteiger charge is -2.27. The number of anilines is 1. The van der Waals surface area contributed by atoms with Crippen LogP contribution >= 0.6 is 0 Å². The van der Waals surface area contributed by atoms with Crippen molar-refractivity contribution in [2.75, 3.05) is 58.7 Å². The number of benzene rings is 1. The van der Waals surface area contributed by atoms with E-state index < -0.39 is 5.82 Å². The first kappa shape index (κ1) is 24.7. The summed E-state index contributed by atoms with van der Waals surface area (Å²) in [6.45, 7) is 7.96. The fourth-order valence-electron chi connectivity index (χ4n) is 3.60. The fraction of sp³-hybridized carbons (Fsp3) is 0.522. The molecule has 1 aromatic heterocycles. The lowest BCUT2D eigenvalue weighted by molar-refractivity contribution is 0.204. The second-order valence-electron chi connectivity index (χ2n) is 8.29. The topological polar surface area (TPSA) is 97.9 Å². The van der Waals surface area contributed by atoms with E-state index in [9.17, 15) is 9.18 Å². The lowest BCUT2D eigenvalue weighted by atomic mass is 10.1. The summed E-state index contributed by atoms with van der Waals surface area (Å²) in [4.78, 5) is 21.0. The highest BCUT2D eigenvalue weighted by Gasteiger charge is 2.19. The van der Waals surface area contributed by atoms with Crippen molar-refractivity contribution in [3.8, 4) is 5.75 Å². The van der Waals surface area contributed by atoms with Gasteiger partial charge in [0.15, 0.2) is 11.6 Å². The maximum absolute atomic E-state index is 14.7. The molecular weight excluding hydrogens is 425 g/mol. The number of ether oxygens (including phenoxy) is 1. The normalized spacial score (nSPS) is 14.6. The van der Waals surface area contributed by atoms with E-state index in [2.05, 4.69) is 30.7 Å². The predicted molar refractivity (Wildman–Crippen MR) is 128 cm³/mol. The highest BCUT2D eigenvalue weighted by molar-refractivity contribution is 6.05. The summed E-state index contributed by atoms with van der Waals surface area (Å²) in [5.74, 6) is -0.201. The molecule has 10 heteroatoms. The number of aromatic nitrogens is 2. The maximum Gasteiger partial charge on any atom is 0.322 e. The van der Waals surface area contributed by atoms with E-state index >= 15 is 0 Å². The first-order valence-corrected chi connectivity index (χ1v) is 11.3. The van der Waals surface area contributed by atoms with Gasteiger partial charge in [0.2, 0.25) is 0 Å². The minimum absolute atomic E-state index is 0.178. The third kappa shape index (κ3) is 6.75. The smallest absolute Gasteiger partial charge is 0.322 e. The van der Waals surface area contributed by atoms with Crippen molar-refractivity contribution in [1.29, 1.82) is 0 Å². The summed E-state index contributed by atoms with van der Waals surface area (Å²) in [5, 5.41) is 13.1. The van der Waals surface area contributed by atoms with Gasteiger partial charge in [-0.1, -0.05) is 6.92 Å². The van der Waals surface area contributed by atoms with Crippen molar-refractivity contribution in [1.82, 2.24) is 25.3 Å². The average molecular weight is 460 g/mol. The molecule has 0 saturated carbocycles. The predicted octanol–water partition coefficient (Wildman–Crippen LogP) is 3.02. The zero-order valence-electron chi connectivity index (χ0n) is 19.9. The number of nitrogens with zero attached hydrogens (tertiary/aromatic N) is 4. The Balaban J connectivity index is 1.74. The SMILES string of the molecule is CCc1cc(OCCCN(C)C)c(F)cc1N=C(C)c1[nH]ncc1NC(=O)N1CCNCC1. The molecule has 2 heterocycles. The third-order valence-corrected chi connectivity index (χ3v) is 5.46. The van der Waals surface area contributed by atoms with E-state index in [1.165, 1.54) is 6.07 Å². The maximum atomic E-state index is 14.7. The van der Waals surface area contributed by atoms with Crippen LogP contribution in [0.1, 0.15) is 31.5 Å². The number of H-pyrrole nitrogens is 1. The number of piperazine rings is 1. The van der Waals surface area contributed by atoms with Crippen LogP contribution in [0.3, 0.4) is 0 Å². The summed E-state index contributed by atoms with van der Waals surface area (Å²) in [6.07, 6.45) is 3.05. The summed E-state index contributed by atoms with van der Waals surface area (Å²) < 4.78 is 20.4. The van der Waals surface area contributed by atoms with Gasteiger partial charge in [-0.15, -0.1) is 0 Å². The van der Waals surface area contributed by atoms with E-state index in [1.54, 1.807) is 24.1 Å². The van der Waals surface area contributed by atoms with Crippen LogP contribution in [0.4, 0.5) is 20.6 Å². The van der Waals surface area contributed by atoms with Gasteiger partial charge in [-0.3, -0.25) is 10.1 Å². The van der Waals surface area contributed by atoms with Crippen LogP contribution in [0.2, 0.25) is 0 Å². The molecule has 9 nitrogen and oxygen atoms in total. The summed E-state index contributed by atoms with van der Waals surface area (Å²) in [6, 6.07) is 2.94. The highest BCUT2D eigenvalue weighted by Crippen LogP contribution is 2.30. The van der Waals surface area contributed by atoms with E-state index in [-0.39, 0.29) is 11.8 Å². The molecule has 1 fully saturated rings. The van der Waals surface area contributed by atoms with Crippen LogP contribution < -0.4 is 15.4 Å². The molecule has 0 atom stereocenters. The Bertz CT molecular complexity index is 968. The number of hydrogen-bond donors (Lipinski definition) is 3. The van der Waals surface area contributed by atoms with Gasteiger partial charge in [0.1, 0.15) is 5.69 Å². The largest absolute Gasteiger partial charge is 0.490 e. The number of halogens is 1. The zero-order valence-corrected chi connectivity index (χ0v) is 19.9. The number of amides is 2. The molecule has 0 bridgehead atoms. The van der Waals surface area contributed by atoms with Crippen LogP contribution in [0.5, 0.6) is 5.75 Å². The van der Waals surface area contributed by atoms with Crippen LogP contribution in [-0.4, -0.2) is 85.2 Å². The van der Waals surface area contributed by atoms with E-state index in [4.69, 9.17) is 4.74 Å². The van der Waals surface area contributed by atoms with Gasteiger partial charge in [-0.2, -0.15) is 5.10 Å².